The summed E-state index contributed by atoms with van der Waals surface area (Å²) in [4.78, 5) is 11.7. The van der Waals surface area contributed by atoms with E-state index in [4.69, 9.17) is 0 Å². The fourth-order valence-electron chi connectivity index (χ4n) is 4.90. The first-order valence-electron chi connectivity index (χ1n) is 7.64. The smallest absolute Gasteiger partial charge is 0.236 e. The van der Waals surface area contributed by atoms with Crippen molar-refractivity contribution in [1.82, 2.24) is 10.0 Å². The Bertz CT molecular complexity index is 461. The molecule has 4 aliphatic rings. The Hall–Kier alpha value is -0.620. The summed E-state index contributed by atoms with van der Waals surface area (Å²) in [6.45, 7) is 0.660. The van der Waals surface area contributed by atoms with Crippen molar-refractivity contribution in [3.05, 3.63) is 0 Å². The van der Waals surface area contributed by atoms with Gasteiger partial charge in [-0.25, -0.2) is 13.1 Å². The topological polar surface area (TPSA) is 75.3 Å². The molecule has 0 radical (unpaired) electrons. The number of hydrogen-bond donors (Lipinski definition) is 2. The molecule has 1 amide bonds. The maximum absolute atomic E-state index is 11.7. The first kappa shape index (κ1) is 14.3. The zero-order valence-electron chi connectivity index (χ0n) is 12.0. The second-order valence-electron chi connectivity index (χ2n) is 6.86. The molecular formula is C14H24N2O3S. The summed E-state index contributed by atoms with van der Waals surface area (Å²) in [6, 6.07) is 0. The zero-order chi connectivity index (χ0) is 14.3. The van der Waals surface area contributed by atoms with E-state index >= 15 is 0 Å². The van der Waals surface area contributed by atoms with Gasteiger partial charge in [0.05, 0.1) is 0 Å². The molecule has 5 nitrogen and oxygen atoms in total. The minimum Gasteiger partial charge on any atom is -0.355 e. The largest absolute Gasteiger partial charge is 0.355 e. The van der Waals surface area contributed by atoms with Gasteiger partial charge in [0.1, 0.15) is 5.75 Å². The van der Waals surface area contributed by atoms with E-state index in [-0.39, 0.29) is 5.91 Å². The molecule has 114 valence electrons. The number of hydrogen-bond acceptors (Lipinski definition) is 3. The van der Waals surface area contributed by atoms with Crippen LogP contribution in [0.2, 0.25) is 0 Å². The van der Waals surface area contributed by atoms with Crippen LogP contribution in [0.4, 0.5) is 0 Å². The molecule has 6 heteroatoms. The summed E-state index contributed by atoms with van der Waals surface area (Å²) in [5, 5.41) is 2.84. The van der Waals surface area contributed by atoms with E-state index in [1.54, 1.807) is 0 Å². The number of carbonyl (C=O) groups is 1. The van der Waals surface area contributed by atoms with Gasteiger partial charge in [-0.1, -0.05) is 0 Å². The van der Waals surface area contributed by atoms with Crippen LogP contribution in [0.1, 0.15) is 32.1 Å². The standard InChI is InChI=1S/C14H24N2O3S/c1-15-20(18,19)8-14(17)16-7-13-11-3-9-2-10(5-11)6-12(13)4-9/h9-13,15H,2-8H2,1H3,(H,16,17). The lowest BCUT2D eigenvalue weighted by Crippen LogP contribution is -2.49. The fraction of sp³-hybridized carbons (Fsp3) is 0.929. The molecular weight excluding hydrogens is 276 g/mol. The quantitative estimate of drug-likeness (QED) is 0.786. The van der Waals surface area contributed by atoms with Crippen molar-refractivity contribution < 1.29 is 13.2 Å². The van der Waals surface area contributed by atoms with Crippen molar-refractivity contribution in [2.45, 2.75) is 32.1 Å². The Balaban J connectivity index is 1.53. The molecule has 0 heterocycles. The Labute approximate surface area is 120 Å². The van der Waals surface area contributed by atoms with Crippen LogP contribution in [0.15, 0.2) is 0 Å². The van der Waals surface area contributed by atoms with Crippen LogP contribution in [0, 0.1) is 29.6 Å². The third-order valence-electron chi connectivity index (χ3n) is 5.59. The van der Waals surface area contributed by atoms with Crippen molar-refractivity contribution >= 4 is 15.9 Å². The second kappa shape index (κ2) is 5.30. The zero-order valence-corrected chi connectivity index (χ0v) is 12.8. The monoisotopic (exact) mass is 300 g/mol. The summed E-state index contributed by atoms with van der Waals surface area (Å²) in [6.07, 6.45) is 6.71. The molecule has 4 bridgehead atoms. The maximum Gasteiger partial charge on any atom is 0.236 e. The van der Waals surface area contributed by atoms with Gasteiger partial charge in [-0.3, -0.25) is 4.79 Å². The lowest BCUT2D eigenvalue weighted by atomic mass is 9.52. The molecule has 4 saturated carbocycles. The van der Waals surface area contributed by atoms with Crippen molar-refractivity contribution in [1.29, 1.82) is 0 Å². The molecule has 0 aliphatic heterocycles. The van der Waals surface area contributed by atoms with E-state index in [0.717, 1.165) is 23.7 Å². The van der Waals surface area contributed by atoms with Crippen molar-refractivity contribution in [2.75, 3.05) is 19.3 Å². The van der Waals surface area contributed by atoms with Gasteiger partial charge in [0.2, 0.25) is 15.9 Å². The van der Waals surface area contributed by atoms with Crippen LogP contribution in [0.3, 0.4) is 0 Å². The Kier molecular flexibility index (Phi) is 3.79. The summed E-state index contributed by atoms with van der Waals surface area (Å²) < 4.78 is 24.8. The summed E-state index contributed by atoms with van der Waals surface area (Å²) in [5.41, 5.74) is 0. The Morgan fingerprint density at radius 3 is 2.10 bits per heavy atom. The highest BCUT2D eigenvalue weighted by Gasteiger charge is 2.47. The highest BCUT2D eigenvalue weighted by Crippen LogP contribution is 2.56. The van der Waals surface area contributed by atoms with E-state index in [0.29, 0.717) is 12.5 Å². The minimum atomic E-state index is -3.45. The molecule has 0 atom stereocenters. The number of amides is 1. The maximum atomic E-state index is 11.7. The van der Waals surface area contributed by atoms with Crippen LogP contribution >= 0.6 is 0 Å². The first-order valence-corrected chi connectivity index (χ1v) is 9.30. The Morgan fingerprint density at radius 2 is 1.60 bits per heavy atom. The van der Waals surface area contributed by atoms with Gasteiger partial charge >= 0.3 is 0 Å². The molecule has 4 rings (SSSR count). The number of rotatable bonds is 5. The summed E-state index contributed by atoms with van der Waals surface area (Å²) in [5.74, 6) is 3.09. The third kappa shape index (κ3) is 2.86. The predicted molar refractivity (Wildman–Crippen MR) is 76.4 cm³/mol. The summed E-state index contributed by atoms with van der Waals surface area (Å²) >= 11 is 0. The van der Waals surface area contributed by atoms with Crippen LogP contribution in [0.25, 0.3) is 0 Å². The normalized spacial score (nSPS) is 39.0. The molecule has 0 aromatic heterocycles. The number of carbonyl (C=O) groups excluding carboxylic acids is 1. The van der Waals surface area contributed by atoms with Gasteiger partial charge in [-0.05, 0) is 68.7 Å². The third-order valence-corrected chi connectivity index (χ3v) is 6.85. The molecule has 2 N–H and O–H groups in total. The average Bonchev–Trinajstić information content (AvgIpc) is 2.36. The van der Waals surface area contributed by atoms with E-state index < -0.39 is 15.8 Å². The van der Waals surface area contributed by atoms with Gasteiger partial charge < -0.3 is 5.32 Å². The van der Waals surface area contributed by atoms with Gasteiger partial charge in [0, 0.05) is 6.54 Å². The molecule has 4 aliphatic carbocycles. The van der Waals surface area contributed by atoms with Gasteiger partial charge in [0.25, 0.3) is 0 Å². The van der Waals surface area contributed by atoms with Crippen molar-refractivity contribution in [2.24, 2.45) is 29.6 Å². The van der Waals surface area contributed by atoms with E-state index in [1.807, 2.05) is 0 Å². The fourth-order valence-corrected chi connectivity index (χ4v) is 5.49. The van der Waals surface area contributed by atoms with Crippen LogP contribution in [-0.4, -0.2) is 33.7 Å². The highest BCUT2D eigenvalue weighted by atomic mass is 32.2. The number of nitrogens with one attached hydrogen (secondary N) is 2. The van der Waals surface area contributed by atoms with Crippen LogP contribution in [-0.2, 0) is 14.8 Å². The van der Waals surface area contributed by atoms with Crippen LogP contribution < -0.4 is 10.0 Å². The molecule has 0 saturated heterocycles. The minimum absolute atomic E-state index is 0.381. The van der Waals surface area contributed by atoms with Gasteiger partial charge in [-0.15, -0.1) is 0 Å². The SMILES string of the molecule is CNS(=O)(=O)CC(=O)NCC1C2CC3CC(C2)CC1C3. The molecule has 4 fully saturated rings. The van der Waals surface area contributed by atoms with E-state index in [1.165, 1.54) is 39.2 Å². The predicted octanol–water partition coefficient (Wildman–Crippen LogP) is 0.724. The molecule has 20 heavy (non-hydrogen) atoms. The second-order valence-corrected chi connectivity index (χ2v) is 8.79. The van der Waals surface area contributed by atoms with Gasteiger partial charge in [0.15, 0.2) is 0 Å². The van der Waals surface area contributed by atoms with Crippen molar-refractivity contribution in [3.8, 4) is 0 Å². The van der Waals surface area contributed by atoms with E-state index in [9.17, 15) is 13.2 Å². The average molecular weight is 300 g/mol. The van der Waals surface area contributed by atoms with Gasteiger partial charge in [-0.2, -0.15) is 0 Å². The highest BCUT2D eigenvalue weighted by molar-refractivity contribution is 7.90. The molecule has 0 aromatic carbocycles. The molecule has 0 spiro atoms. The lowest BCUT2D eigenvalue weighted by Gasteiger charge is -2.54. The van der Waals surface area contributed by atoms with Crippen molar-refractivity contribution in [3.63, 3.8) is 0 Å². The number of sulfonamides is 1. The molecule has 0 unspecified atom stereocenters. The first-order chi connectivity index (χ1) is 9.47. The van der Waals surface area contributed by atoms with E-state index in [2.05, 4.69) is 10.0 Å². The molecule has 0 aromatic rings. The van der Waals surface area contributed by atoms with Crippen LogP contribution in [0.5, 0.6) is 0 Å². The summed E-state index contributed by atoms with van der Waals surface area (Å²) in [7, 11) is -2.12. The Morgan fingerprint density at radius 1 is 1.05 bits per heavy atom. The lowest BCUT2D eigenvalue weighted by molar-refractivity contribution is -0.119.